The molecule has 3 nitrogen and oxygen atoms in total. The van der Waals surface area contributed by atoms with Crippen LogP contribution in [0.2, 0.25) is 0 Å². The van der Waals surface area contributed by atoms with Crippen LogP contribution in [0.15, 0.2) is 22.7 Å². The van der Waals surface area contributed by atoms with Gasteiger partial charge < -0.3 is 10.5 Å². The van der Waals surface area contributed by atoms with Crippen molar-refractivity contribution >= 4 is 21.6 Å². The average molecular weight is 299 g/mol. The number of anilines is 1. The minimum atomic E-state index is 0.378. The molecule has 4 heteroatoms. The third-order valence-corrected chi connectivity index (χ3v) is 4.03. The molecule has 0 bridgehead atoms. The summed E-state index contributed by atoms with van der Waals surface area (Å²) in [6.07, 6.45) is 2.76. The summed E-state index contributed by atoms with van der Waals surface area (Å²) in [6.45, 7) is 3.09. The fraction of sp³-hybridized carbons (Fsp3) is 0.538. The second-order valence-electron chi connectivity index (χ2n) is 4.59. The van der Waals surface area contributed by atoms with Crippen LogP contribution in [0.4, 0.5) is 5.69 Å². The lowest BCUT2D eigenvalue weighted by atomic mass is 10.1. The van der Waals surface area contributed by atoms with Crippen LogP contribution in [0.5, 0.6) is 0 Å². The molecule has 1 aromatic carbocycles. The van der Waals surface area contributed by atoms with Crippen LogP contribution < -0.4 is 5.73 Å². The largest absolute Gasteiger partial charge is 0.399 e. The molecule has 2 N–H and O–H groups in total. The first-order valence-corrected chi connectivity index (χ1v) is 6.77. The molecule has 0 aromatic heterocycles. The van der Waals surface area contributed by atoms with E-state index < -0.39 is 0 Å². The van der Waals surface area contributed by atoms with Gasteiger partial charge in [-0.05, 0) is 43.1 Å². The number of nitrogens with two attached hydrogens (primary N) is 1. The number of ether oxygens (including phenoxy) is 1. The highest BCUT2D eigenvalue weighted by atomic mass is 79.9. The maximum Gasteiger partial charge on any atom is 0.0698 e. The Bertz CT molecular complexity index is 384. The molecular weight excluding hydrogens is 280 g/mol. The molecule has 2 rings (SSSR count). The van der Waals surface area contributed by atoms with Crippen molar-refractivity contribution < 1.29 is 4.74 Å². The molecule has 17 heavy (non-hydrogen) atoms. The van der Waals surface area contributed by atoms with Crippen LogP contribution in [0.3, 0.4) is 0 Å². The summed E-state index contributed by atoms with van der Waals surface area (Å²) in [5.74, 6) is 0. The van der Waals surface area contributed by atoms with Crippen LogP contribution >= 0.6 is 15.9 Å². The SMILES string of the molecule is COC1CCCN(Cc2cc(N)ccc2Br)C1. The van der Waals surface area contributed by atoms with Gasteiger partial charge in [-0.3, -0.25) is 4.90 Å². The predicted molar refractivity (Wildman–Crippen MR) is 73.9 cm³/mol. The highest BCUT2D eigenvalue weighted by molar-refractivity contribution is 9.10. The molecular formula is C13H19BrN2O. The van der Waals surface area contributed by atoms with Crippen molar-refractivity contribution in [2.24, 2.45) is 0 Å². The first-order valence-electron chi connectivity index (χ1n) is 5.98. The molecule has 1 aromatic rings. The molecule has 1 unspecified atom stereocenters. The van der Waals surface area contributed by atoms with Crippen LogP contribution in [-0.2, 0) is 11.3 Å². The van der Waals surface area contributed by atoms with E-state index >= 15 is 0 Å². The number of benzene rings is 1. The number of methoxy groups -OCH3 is 1. The summed E-state index contributed by atoms with van der Waals surface area (Å²) >= 11 is 3.58. The number of hydrogen-bond acceptors (Lipinski definition) is 3. The summed E-state index contributed by atoms with van der Waals surface area (Å²) in [6, 6.07) is 5.98. The Hall–Kier alpha value is -0.580. The van der Waals surface area contributed by atoms with E-state index in [2.05, 4.69) is 20.8 Å². The van der Waals surface area contributed by atoms with Gasteiger partial charge in [0.15, 0.2) is 0 Å². The average Bonchev–Trinajstić information content (AvgIpc) is 2.34. The first kappa shape index (κ1) is 12.9. The second-order valence-corrected chi connectivity index (χ2v) is 5.44. The topological polar surface area (TPSA) is 38.5 Å². The molecule has 1 atom stereocenters. The van der Waals surface area contributed by atoms with Gasteiger partial charge in [0.1, 0.15) is 0 Å². The van der Waals surface area contributed by atoms with E-state index in [0.29, 0.717) is 6.10 Å². The van der Waals surface area contributed by atoms with E-state index in [-0.39, 0.29) is 0 Å². The third-order valence-electron chi connectivity index (χ3n) is 3.26. The summed E-state index contributed by atoms with van der Waals surface area (Å²) in [7, 11) is 1.80. The maximum atomic E-state index is 5.82. The van der Waals surface area contributed by atoms with E-state index in [1.165, 1.54) is 18.4 Å². The summed E-state index contributed by atoms with van der Waals surface area (Å²) < 4.78 is 6.57. The van der Waals surface area contributed by atoms with E-state index in [0.717, 1.165) is 29.8 Å². The predicted octanol–water partition coefficient (Wildman–Crippen LogP) is 2.64. The van der Waals surface area contributed by atoms with Crippen LogP contribution in [0.25, 0.3) is 0 Å². The molecule has 1 aliphatic heterocycles. The molecule has 0 saturated carbocycles. The summed E-state index contributed by atoms with van der Waals surface area (Å²) in [4.78, 5) is 2.43. The standard InChI is InChI=1S/C13H19BrN2O/c1-17-12-3-2-6-16(9-12)8-10-7-11(15)4-5-13(10)14/h4-5,7,12H,2-3,6,8-9,15H2,1H3. The van der Waals surface area contributed by atoms with E-state index in [1.807, 2.05) is 18.2 Å². The van der Waals surface area contributed by atoms with E-state index in [9.17, 15) is 0 Å². The van der Waals surface area contributed by atoms with Gasteiger partial charge in [0.05, 0.1) is 6.10 Å². The molecule has 0 amide bonds. The lowest BCUT2D eigenvalue weighted by Gasteiger charge is -2.32. The third kappa shape index (κ3) is 3.44. The van der Waals surface area contributed by atoms with Gasteiger partial charge >= 0.3 is 0 Å². The Balaban J connectivity index is 2.02. The zero-order valence-electron chi connectivity index (χ0n) is 10.2. The Morgan fingerprint density at radius 1 is 1.53 bits per heavy atom. The van der Waals surface area contributed by atoms with Crippen LogP contribution in [0, 0.1) is 0 Å². The molecule has 0 spiro atoms. The van der Waals surface area contributed by atoms with Gasteiger partial charge in [-0.2, -0.15) is 0 Å². The molecule has 1 heterocycles. The van der Waals surface area contributed by atoms with Crippen molar-refractivity contribution in [2.45, 2.75) is 25.5 Å². The smallest absolute Gasteiger partial charge is 0.0698 e. The number of halogens is 1. The minimum Gasteiger partial charge on any atom is -0.399 e. The van der Waals surface area contributed by atoms with E-state index in [4.69, 9.17) is 10.5 Å². The Labute approximate surface area is 111 Å². The number of nitrogen functional groups attached to an aromatic ring is 1. The fourth-order valence-electron chi connectivity index (χ4n) is 2.31. The minimum absolute atomic E-state index is 0.378. The lowest BCUT2D eigenvalue weighted by Crippen LogP contribution is -2.38. The molecule has 0 radical (unpaired) electrons. The zero-order valence-corrected chi connectivity index (χ0v) is 11.7. The molecule has 1 fully saturated rings. The number of rotatable bonds is 3. The van der Waals surface area contributed by atoms with Crippen molar-refractivity contribution in [3.63, 3.8) is 0 Å². The van der Waals surface area contributed by atoms with Gasteiger partial charge in [0.25, 0.3) is 0 Å². The van der Waals surface area contributed by atoms with Gasteiger partial charge in [-0.1, -0.05) is 15.9 Å². The van der Waals surface area contributed by atoms with Crippen LogP contribution in [0.1, 0.15) is 18.4 Å². The normalized spacial score (nSPS) is 21.6. The monoisotopic (exact) mass is 298 g/mol. The maximum absolute atomic E-state index is 5.82. The summed E-state index contributed by atoms with van der Waals surface area (Å²) in [5, 5.41) is 0. The molecule has 94 valence electrons. The van der Waals surface area contributed by atoms with Crippen molar-refractivity contribution in [3.05, 3.63) is 28.2 Å². The Kier molecular flexibility index (Phi) is 4.42. The quantitative estimate of drug-likeness (QED) is 0.872. The number of piperidine rings is 1. The highest BCUT2D eigenvalue weighted by Crippen LogP contribution is 2.23. The molecule has 0 aliphatic carbocycles. The number of likely N-dealkylation sites (tertiary alicyclic amines) is 1. The van der Waals surface area contributed by atoms with Crippen molar-refractivity contribution in [1.29, 1.82) is 0 Å². The summed E-state index contributed by atoms with van der Waals surface area (Å²) in [5.41, 5.74) is 7.90. The van der Waals surface area contributed by atoms with Crippen LogP contribution in [-0.4, -0.2) is 31.2 Å². The fourth-order valence-corrected chi connectivity index (χ4v) is 2.68. The van der Waals surface area contributed by atoms with Gasteiger partial charge in [0.2, 0.25) is 0 Å². The molecule has 1 aliphatic rings. The Morgan fingerprint density at radius 2 is 2.35 bits per heavy atom. The van der Waals surface area contributed by atoms with Crippen molar-refractivity contribution in [1.82, 2.24) is 4.90 Å². The van der Waals surface area contributed by atoms with Gasteiger partial charge in [-0.25, -0.2) is 0 Å². The van der Waals surface area contributed by atoms with Crippen molar-refractivity contribution in [3.8, 4) is 0 Å². The number of hydrogen-bond donors (Lipinski definition) is 1. The van der Waals surface area contributed by atoms with Gasteiger partial charge in [-0.15, -0.1) is 0 Å². The second kappa shape index (κ2) is 5.85. The van der Waals surface area contributed by atoms with E-state index in [1.54, 1.807) is 7.11 Å². The molecule has 1 saturated heterocycles. The lowest BCUT2D eigenvalue weighted by molar-refractivity contribution is 0.0285. The number of nitrogens with zero attached hydrogens (tertiary/aromatic N) is 1. The first-order chi connectivity index (χ1) is 8.19. The Morgan fingerprint density at radius 3 is 3.12 bits per heavy atom. The van der Waals surface area contributed by atoms with Gasteiger partial charge in [0, 0.05) is 30.4 Å². The highest BCUT2D eigenvalue weighted by Gasteiger charge is 2.19. The van der Waals surface area contributed by atoms with Crippen molar-refractivity contribution in [2.75, 3.05) is 25.9 Å². The zero-order chi connectivity index (χ0) is 12.3.